The molecule has 0 saturated heterocycles. The highest BCUT2D eigenvalue weighted by Gasteiger charge is 2.19. The average Bonchev–Trinajstić information content (AvgIpc) is 2.57. The Balaban J connectivity index is 1.88. The molecule has 0 spiro atoms. The van der Waals surface area contributed by atoms with Gasteiger partial charge in [0.2, 0.25) is 10.0 Å². The predicted molar refractivity (Wildman–Crippen MR) is 88.9 cm³/mol. The van der Waals surface area contributed by atoms with Crippen LogP contribution in [0.25, 0.3) is 0 Å². The Kier molecular flexibility index (Phi) is 6.31. The first kappa shape index (κ1) is 18.4. The number of rotatable bonds is 7. The van der Waals surface area contributed by atoms with Crippen molar-refractivity contribution in [3.05, 3.63) is 65.2 Å². The van der Waals surface area contributed by atoms with Gasteiger partial charge in [-0.3, -0.25) is 0 Å². The Morgan fingerprint density at radius 2 is 1.92 bits per heavy atom. The fourth-order valence-electron chi connectivity index (χ4n) is 1.95. The highest BCUT2D eigenvalue weighted by molar-refractivity contribution is 7.98. The molecule has 8 heteroatoms. The number of nitriles is 1. The van der Waals surface area contributed by atoms with Gasteiger partial charge in [-0.05, 0) is 29.8 Å². The molecule has 0 aliphatic carbocycles. The maximum atomic E-state index is 13.5. The van der Waals surface area contributed by atoms with Gasteiger partial charge in [0.05, 0.1) is 11.6 Å². The molecule has 0 aliphatic heterocycles. The number of hydrogen-bond donors (Lipinski definition) is 1. The van der Waals surface area contributed by atoms with E-state index in [1.54, 1.807) is 12.1 Å². The zero-order chi connectivity index (χ0) is 17.6. The van der Waals surface area contributed by atoms with Gasteiger partial charge in [0.15, 0.2) is 0 Å². The third-order valence-electron chi connectivity index (χ3n) is 3.12. The van der Waals surface area contributed by atoms with Gasteiger partial charge in [-0.15, -0.1) is 0 Å². The standard InChI is InChI=1S/C16H14F2N2O2S2/c17-14-5-6-15(18)16(9-14)24(21,22)20-7-8-23-11-13-4-2-1-3-12(13)10-19/h1-6,9,20H,7-8,11H2. The average molecular weight is 368 g/mol. The molecule has 2 aromatic rings. The number of hydrogen-bond acceptors (Lipinski definition) is 4. The molecule has 0 unspecified atom stereocenters. The Bertz CT molecular complexity index is 865. The smallest absolute Gasteiger partial charge is 0.210 e. The van der Waals surface area contributed by atoms with E-state index < -0.39 is 26.6 Å². The maximum absolute atomic E-state index is 13.5. The van der Waals surface area contributed by atoms with E-state index >= 15 is 0 Å². The van der Waals surface area contributed by atoms with Crippen molar-refractivity contribution in [3.63, 3.8) is 0 Å². The lowest BCUT2D eigenvalue weighted by Gasteiger charge is -2.08. The van der Waals surface area contributed by atoms with Crippen molar-refractivity contribution in [2.45, 2.75) is 10.6 Å². The zero-order valence-corrected chi connectivity index (χ0v) is 14.1. The molecular formula is C16H14F2N2O2S2. The van der Waals surface area contributed by atoms with Gasteiger partial charge in [-0.1, -0.05) is 18.2 Å². The largest absolute Gasteiger partial charge is 0.243 e. The number of nitrogens with one attached hydrogen (secondary N) is 1. The van der Waals surface area contributed by atoms with Crippen LogP contribution >= 0.6 is 11.8 Å². The van der Waals surface area contributed by atoms with Crippen LogP contribution in [-0.4, -0.2) is 20.7 Å². The molecule has 0 amide bonds. The first-order valence-electron chi connectivity index (χ1n) is 6.94. The van der Waals surface area contributed by atoms with Crippen LogP contribution in [0.5, 0.6) is 0 Å². The van der Waals surface area contributed by atoms with Crippen molar-refractivity contribution in [1.82, 2.24) is 4.72 Å². The van der Waals surface area contributed by atoms with E-state index in [9.17, 15) is 17.2 Å². The SMILES string of the molecule is N#Cc1ccccc1CSCCNS(=O)(=O)c1cc(F)ccc1F. The molecule has 0 heterocycles. The third-order valence-corrected chi connectivity index (χ3v) is 5.60. The lowest BCUT2D eigenvalue weighted by Crippen LogP contribution is -2.27. The molecule has 0 aliphatic rings. The number of thioether (sulfide) groups is 1. The quantitative estimate of drug-likeness (QED) is 0.763. The molecule has 126 valence electrons. The first-order chi connectivity index (χ1) is 11.4. The monoisotopic (exact) mass is 368 g/mol. The molecule has 1 N–H and O–H groups in total. The molecule has 4 nitrogen and oxygen atoms in total. The third kappa shape index (κ3) is 4.77. The van der Waals surface area contributed by atoms with Crippen LogP contribution in [0.4, 0.5) is 8.78 Å². The fourth-order valence-corrected chi connectivity index (χ4v) is 4.06. The van der Waals surface area contributed by atoms with E-state index in [0.717, 1.165) is 17.7 Å². The van der Waals surface area contributed by atoms with Gasteiger partial charge in [-0.25, -0.2) is 21.9 Å². The molecule has 0 fully saturated rings. The van der Waals surface area contributed by atoms with E-state index in [2.05, 4.69) is 10.8 Å². The molecule has 24 heavy (non-hydrogen) atoms. The van der Waals surface area contributed by atoms with E-state index in [4.69, 9.17) is 5.26 Å². The van der Waals surface area contributed by atoms with Crippen molar-refractivity contribution < 1.29 is 17.2 Å². The highest BCUT2D eigenvalue weighted by atomic mass is 32.2. The van der Waals surface area contributed by atoms with Crippen LogP contribution in [0, 0.1) is 23.0 Å². The van der Waals surface area contributed by atoms with Gasteiger partial charge in [0, 0.05) is 18.1 Å². The predicted octanol–water partition coefficient (Wildman–Crippen LogP) is 3.05. The number of benzene rings is 2. The normalized spacial score (nSPS) is 11.2. The first-order valence-corrected chi connectivity index (χ1v) is 9.58. The minimum absolute atomic E-state index is 0.0671. The van der Waals surface area contributed by atoms with Crippen LogP contribution in [0.2, 0.25) is 0 Å². The molecule has 2 rings (SSSR count). The van der Waals surface area contributed by atoms with E-state index in [1.807, 2.05) is 12.1 Å². The van der Waals surface area contributed by atoms with Crippen molar-refractivity contribution in [3.8, 4) is 6.07 Å². The molecule has 0 aromatic heterocycles. The number of nitrogens with zero attached hydrogens (tertiary/aromatic N) is 1. The fraction of sp³-hybridized carbons (Fsp3) is 0.188. The lowest BCUT2D eigenvalue weighted by atomic mass is 10.1. The molecular weight excluding hydrogens is 354 g/mol. The summed E-state index contributed by atoms with van der Waals surface area (Å²) in [6, 6.07) is 11.5. The summed E-state index contributed by atoms with van der Waals surface area (Å²) in [5.41, 5.74) is 1.44. The summed E-state index contributed by atoms with van der Waals surface area (Å²) in [7, 11) is -4.10. The molecule has 0 saturated carbocycles. The summed E-state index contributed by atoms with van der Waals surface area (Å²) in [4.78, 5) is -0.706. The second-order valence-corrected chi connectivity index (χ2v) is 7.63. The second kappa shape index (κ2) is 8.24. The van der Waals surface area contributed by atoms with Gasteiger partial charge in [-0.2, -0.15) is 17.0 Å². The van der Waals surface area contributed by atoms with Crippen LogP contribution in [-0.2, 0) is 15.8 Å². The van der Waals surface area contributed by atoms with Crippen LogP contribution < -0.4 is 4.72 Å². The van der Waals surface area contributed by atoms with Crippen LogP contribution in [0.1, 0.15) is 11.1 Å². The highest BCUT2D eigenvalue weighted by Crippen LogP contribution is 2.17. The van der Waals surface area contributed by atoms with Crippen molar-refractivity contribution >= 4 is 21.8 Å². The van der Waals surface area contributed by atoms with Crippen molar-refractivity contribution in [2.24, 2.45) is 0 Å². The van der Waals surface area contributed by atoms with Crippen LogP contribution in [0.3, 0.4) is 0 Å². The maximum Gasteiger partial charge on any atom is 0.243 e. The van der Waals surface area contributed by atoms with E-state index in [-0.39, 0.29) is 6.54 Å². The van der Waals surface area contributed by atoms with Gasteiger partial charge in [0.25, 0.3) is 0 Å². The molecule has 0 atom stereocenters. The van der Waals surface area contributed by atoms with Gasteiger partial charge in [0.1, 0.15) is 16.5 Å². The Morgan fingerprint density at radius 3 is 2.67 bits per heavy atom. The summed E-state index contributed by atoms with van der Waals surface area (Å²) >= 11 is 1.43. The summed E-state index contributed by atoms with van der Waals surface area (Å²) in [6.45, 7) is 0.0671. The minimum Gasteiger partial charge on any atom is -0.210 e. The minimum atomic E-state index is -4.10. The summed E-state index contributed by atoms with van der Waals surface area (Å²) in [6.07, 6.45) is 0. The van der Waals surface area contributed by atoms with Gasteiger partial charge >= 0.3 is 0 Å². The second-order valence-electron chi connectivity index (χ2n) is 4.79. The Hall–Kier alpha value is -1.95. The summed E-state index contributed by atoms with van der Waals surface area (Å²) in [5.74, 6) is -0.839. The number of halogens is 2. The van der Waals surface area contributed by atoms with Crippen molar-refractivity contribution in [2.75, 3.05) is 12.3 Å². The van der Waals surface area contributed by atoms with Gasteiger partial charge < -0.3 is 0 Å². The topological polar surface area (TPSA) is 70.0 Å². The zero-order valence-electron chi connectivity index (χ0n) is 12.5. The van der Waals surface area contributed by atoms with Crippen LogP contribution in [0.15, 0.2) is 47.4 Å². The molecule has 2 aromatic carbocycles. The van der Waals surface area contributed by atoms with E-state index in [0.29, 0.717) is 23.1 Å². The lowest BCUT2D eigenvalue weighted by molar-refractivity contribution is 0.547. The Labute approximate surface area is 143 Å². The molecule has 0 bridgehead atoms. The summed E-state index contributed by atoms with van der Waals surface area (Å²) < 4.78 is 52.8. The molecule has 0 radical (unpaired) electrons. The summed E-state index contributed by atoms with van der Waals surface area (Å²) in [5, 5.41) is 8.99. The van der Waals surface area contributed by atoms with Crippen molar-refractivity contribution in [1.29, 1.82) is 5.26 Å². The Morgan fingerprint density at radius 1 is 1.17 bits per heavy atom. The van der Waals surface area contributed by atoms with E-state index in [1.165, 1.54) is 11.8 Å². The number of sulfonamides is 1.